The van der Waals surface area contributed by atoms with Crippen LogP contribution in [0.15, 0.2) is 0 Å². The SMILES string of the molecule is COc1nsc(N2CCNCC2)n1. The molecule has 13 heavy (non-hydrogen) atoms. The van der Waals surface area contributed by atoms with Crippen molar-refractivity contribution in [1.29, 1.82) is 0 Å². The van der Waals surface area contributed by atoms with Gasteiger partial charge in [0.25, 0.3) is 0 Å². The van der Waals surface area contributed by atoms with Gasteiger partial charge in [-0.25, -0.2) is 0 Å². The Labute approximate surface area is 80.9 Å². The highest BCUT2D eigenvalue weighted by molar-refractivity contribution is 7.09. The molecule has 0 atom stereocenters. The normalized spacial score (nSPS) is 17.5. The van der Waals surface area contributed by atoms with Gasteiger partial charge in [0.2, 0.25) is 5.13 Å². The van der Waals surface area contributed by atoms with Crippen molar-refractivity contribution in [2.75, 3.05) is 38.2 Å². The molecule has 0 aliphatic carbocycles. The Morgan fingerprint density at radius 2 is 2.23 bits per heavy atom. The second-order valence-electron chi connectivity index (χ2n) is 2.80. The van der Waals surface area contributed by atoms with Gasteiger partial charge in [-0.3, -0.25) is 0 Å². The third kappa shape index (κ3) is 1.89. The Hall–Kier alpha value is -0.880. The van der Waals surface area contributed by atoms with E-state index in [9.17, 15) is 0 Å². The molecule has 0 radical (unpaired) electrons. The second-order valence-corrected chi connectivity index (χ2v) is 3.53. The van der Waals surface area contributed by atoms with Crippen LogP contribution in [-0.2, 0) is 0 Å². The molecule has 2 rings (SSSR count). The van der Waals surface area contributed by atoms with Crippen molar-refractivity contribution in [2.24, 2.45) is 0 Å². The fourth-order valence-electron chi connectivity index (χ4n) is 1.27. The smallest absolute Gasteiger partial charge is 0.329 e. The standard InChI is InChI=1S/C7H12N4OS/c1-12-6-9-7(13-10-6)11-4-2-8-3-5-11/h8H,2-5H2,1H3. The van der Waals surface area contributed by atoms with Crippen molar-refractivity contribution in [3.8, 4) is 6.01 Å². The monoisotopic (exact) mass is 200 g/mol. The van der Waals surface area contributed by atoms with E-state index in [0.717, 1.165) is 31.3 Å². The summed E-state index contributed by atoms with van der Waals surface area (Å²) >= 11 is 1.39. The van der Waals surface area contributed by atoms with Crippen molar-refractivity contribution in [2.45, 2.75) is 0 Å². The van der Waals surface area contributed by atoms with E-state index in [1.807, 2.05) is 0 Å². The Morgan fingerprint density at radius 1 is 1.46 bits per heavy atom. The van der Waals surface area contributed by atoms with E-state index >= 15 is 0 Å². The fourth-order valence-corrected chi connectivity index (χ4v) is 1.96. The van der Waals surface area contributed by atoms with Crippen LogP contribution in [0.5, 0.6) is 6.01 Å². The number of methoxy groups -OCH3 is 1. The van der Waals surface area contributed by atoms with Gasteiger partial charge >= 0.3 is 6.01 Å². The van der Waals surface area contributed by atoms with Gasteiger partial charge in [0.15, 0.2) is 0 Å². The summed E-state index contributed by atoms with van der Waals surface area (Å²) in [4.78, 5) is 6.45. The molecule has 0 bridgehead atoms. The Morgan fingerprint density at radius 3 is 2.85 bits per heavy atom. The largest absolute Gasteiger partial charge is 0.466 e. The van der Waals surface area contributed by atoms with Crippen LogP contribution < -0.4 is 15.0 Å². The van der Waals surface area contributed by atoms with Gasteiger partial charge in [0.05, 0.1) is 7.11 Å². The lowest BCUT2D eigenvalue weighted by Gasteiger charge is -2.26. The number of ether oxygens (including phenoxy) is 1. The number of hydrogen-bond acceptors (Lipinski definition) is 6. The first-order valence-electron chi connectivity index (χ1n) is 4.23. The predicted molar refractivity (Wildman–Crippen MR) is 51.5 cm³/mol. The first-order valence-corrected chi connectivity index (χ1v) is 5.01. The molecule has 1 aromatic rings. The quantitative estimate of drug-likeness (QED) is 0.725. The average Bonchev–Trinajstić information content (AvgIpc) is 2.67. The molecule has 5 nitrogen and oxygen atoms in total. The average molecular weight is 200 g/mol. The van der Waals surface area contributed by atoms with Crippen LogP contribution in [0.25, 0.3) is 0 Å². The number of anilines is 1. The lowest BCUT2D eigenvalue weighted by molar-refractivity contribution is 0.386. The number of nitrogens with zero attached hydrogens (tertiary/aromatic N) is 3. The molecule has 0 amide bonds. The molecule has 1 aliphatic heterocycles. The number of piperazine rings is 1. The number of nitrogens with one attached hydrogen (secondary N) is 1. The predicted octanol–water partition coefficient (Wildman–Crippen LogP) is -0.0437. The zero-order chi connectivity index (χ0) is 9.10. The summed E-state index contributed by atoms with van der Waals surface area (Å²) in [6.45, 7) is 4.03. The van der Waals surface area contributed by atoms with Crippen LogP contribution in [0.1, 0.15) is 0 Å². The molecule has 1 fully saturated rings. The summed E-state index contributed by atoms with van der Waals surface area (Å²) in [5, 5.41) is 4.25. The van der Waals surface area contributed by atoms with Crippen molar-refractivity contribution in [3.63, 3.8) is 0 Å². The van der Waals surface area contributed by atoms with Crippen LogP contribution in [-0.4, -0.2) is 42.6 Å². The minimum absolute atomic E-state index is 0.471. The summed E-state index contributed by atoms with van der Waals surface area (Å²) in [6.07, 6.45) is 0. The van der Waals surface area contributed by atoms with Gasteiger partial charge in [-0.05, 0) is 0 Å². The van der Waals surface area contributed by atoms with Gasteiger partial charge in [-0.15, -0.1) is 4.37 Å². The maximum atomic E-state index is 4.93. The number of hydrogen-bond donors (Lipinski definition) is 1. The van der Waals surface area contributed by atoms with Crippen LogP contribution >= 0.6 is 11.5 Å². The molecule has 0 spiro atoms. The third-order valence-corrected chi connectivity index (χ3v) is 2.73. The third-order valence-electron chi connectivity index (χ3n) is 1.97. The van der Waals surface area contributed by atoms with Crippen LogP contribution in [0, 0.1) is 0 Å². The first-order chi connectivity index (χ1) is 6.40. The second kappa shape index (κ2) is 3.89. The maximum absolute atomic E-state index is 4.93. The molecule has 0 aromatic carbocycles. The van der Waals surface area contributed by atoms with Gasteiger partial charge in [-0.1, -0.05) is 0 Å². The van der Waals surface area contributed by atoms with Crippen LogP contribution in [0.2, 0.25) is 0 Å². The molecule has 1 N–H and O–H groups in total. The van der Waals surface area contributed by atoms with Gasteiger partial charge in [-0.2, -0.15) is 4.98 Å². The highest BCUT2D eigenvalue weighted by Crippen LogP contribution is 2.20. The van der Waals surface area contributed by atoms with Crippen LogP contribution in [0.4, 0.5) is 5.13 Å². The molecule has 1 saturated heterocycles. The topological polar surface area (TPSA) is 50.3 Å². The zero-order valence-corrected chi connectivity index (χ0v) is 8.30. The molecule has 1 aliphatic rings. The minimum Gasteiger partial charge on any atom is -0.466 e. The van der Waals surface area contributed by atoms with E-state index in [-0.39, 0.29) is 0 Å². The molecule has 2 heterocycles. The molecular formula is C7H12N4OS. The number of rotatable bonds is 2. The molecule has 6 heteroatoms. The highest BCUT2D eigenvalue weighted by atomic mass is 32.1. The van der Waals surface area contributed by atoms with Crippen molar-refractivity contribution in [3.05, 3.63) is 0 Å². The van der Waals surface area contributed by atoms with Crippen molar-refractivity contribution in [1.82, 2.24) is 14.7 Å². The molecule has 72 valence electrons. The van der Waals surface area contributed by atoms with E-state index < -0.39 is 0 Å². The van der Waals surface area contributed by atoms with E-state index in [4.69, 9.17) is 4.74 Å². The summed E-state index contributed by atoms with van der Waals surface area (Å²) < 4.78 is 8.99. The van der Waals surface area contributed by atoms with Crippen molar-refractivity contribution < 1.29 is 4.74 Å². The van der Waals surface area contributed by atoms with E-state index in [0.29, 0.717) is 6.01 Å². The Balaban J connectivity index is 2.05. The fraction of sp³-hybridized carbons (Fsp3) is 0.714. The van der Waals surface area contributed by atoms with E-state index in [1.54, 1.807) is 7.11 Å². The Bertz CT molecular complexity index is 271. The lowest BCUT2D eigenvalue weighted by atomic mass is 10.4. The highest BCUT2D eigenvalue weighted by Gasteiger charge is 2.14. The van der Waals surface area contributed by atoms with Crippen molar-refractivity contribution >= 4 is 16.7 Å². The van der Waals surface area contributed by atoms with Gasteiger partial charge < -0.3 is 15.0 Å². The minimum atomic E-state index is 0.471. The Kier molecular flexibility index (Phi) is 2.60. The maximum Gasteiger partial charge on any atom is 0.329 e. The van der Waals surface area contributed by atoms with E-state index in [1.165, 1.54) is 11.5 Å². The first kappa shape index (κ1) is 8.71. The summed E-state index contributed by atoms with van der Waals surface area (Å²) in [5.41, 5.74) is 0. The van der Waals surface area contributed by atoms with Gasteiger partial charge in [0.1, 0.15) is 0 Å². The summed E-state index contributed by atoms with van der Waals surface area (Å²) in [6, 6.07) is 0.471. The molecule has 0 saturated carbocycles. The molecular weight excluding hydrogens is 188 g/mol. The lowest BCUT2D eigenvalue weighted by Crippen LogP contribution is -2.43. The van der Waals surface area contributed by atoms with Gasteiger partial charge in [0, 0.05) is 37.7 Å². The number of aromatic nitrogens is 2. The molecule has 1 aromatic heterocycles. The molecule has 0 unspecified atom stereocenters. The van der Waals surface area contributed by atoms with E-state index in [2.05, 4.69) is 19.6 Å². The van der Waals surface area contributed by atoms with Crippen LogP contribution in [0.3, 0.4) is 0 Å². The summed E-state index contributed by atoms with van der Waals surface area (Å²) in [5.74, 6) is 0. The summed E-state index contributed by atoms with van der Waals surface area (Å²) in [7, 11) is 1.59. The zero-order valence-electron chi connectivity index (χ0n) is 7.49.